The average molecular weight is 705 g/mol. The van der Waals surface area contributed by atoms with Crippen molar-refractivity contribution in [2.45, 2.75) is 45.4 Å². The summed E-state index contributed by atoms with van der Waals surface area (Å²) >= 11 is 0. The van der Waals surface area contributed by atoms with Gasteiger partial charge in [-0.2, -0.15) is 0 Å². The number of ether oxygens (including phenoxy) is 1. The minimum atomic E-state index is -0.0928. The molecule has 0 amide bonds. The van der Waals surface area contributed by atoms with Gasteiger partial charge in [-0.3, -0.25) is 4.57 Å². The van der Waals surface area contributed by atoms with E-state index in [1.165, 1.54) is 38.8 Å². The lowest BCUT2D eigenvalue weighted by atomic mass is 9.78. The lowest BCUT2D eigenvalue weighted by Gasteiger charge is -2.27. The molecule has 3 heterocycles. The van der Waals surface area contributed by atoms with E-state index in [-0.39, 0.29) is 10.8 Å². The number of pyridine rings is 1. The Morgan fingerprint density at radius 2 is 1.15 bits per heavy atom. The highest BCUT2D eigenvalue weighted by Crippen LogP contribution is 2.45. The second kappa shape index (κ2) is 13.0. The van der Waals surface area contributed by atoms with Crippen molar-refractivity contribution in [2.24, 2.45) is 0 Å². The number of nitrogens with zero attached hydrogens (tertiary/aromatic N) is 4. The van der Waals surface area contributed by atoms with Gasteiger partial charge < -0.3 is 14.5 Å². The van der Waals surface area contributed by atoms with Crippen molar-refractivity contribution < 1.29 is 4.74 Å². The van der Waals surface area contributed by atoms with Crippen LogP contribution in [0, 0.1) is 0 Å². The number of para-hydroxylation sites is 3. The molecular formula is C49H44N4O. The quantitative estimate of drug-likeness (QED) is 0.165. The van der Waals surface area contributed by atoms with E-state index in [0.29, 0.717) is 6.67 Å². The summed E-state index contributed by atoms with van der Waals surface area (Å²) in [5.74, 6) is 2.46. The third-order valence-electron chi connectivity index (χ3n) is 11.0. The summed E-state index contributed by atoms with van der Waals surface area (Å²) in [5, 5.41) is 2.36. The first-order chi connectivity index (χ1) is 26.1. The minimum absolute atomic E-state index is 0.00692. The molecule has 1 aliphatic rings. The first-order valence-corrected chi connectivity index (χ1v) is 18.7. The molecule has 0 atom stereocenters. The normalized spacial score (nSPS) is 13.1. The molecule has 6 aromatic carbocycles. The molecule has 5 nitrogen and oxygen atoms in total. The molecule has 0 saturated heterocycles. The maximum Gasteiger partial charge on any atom is 0.137 e. The van der Waals surface area contributed by atoms with Gasteiger partial charge in [-0.25, -0.2) is 4.98 Å². The fraction of sp³-hybridized carbons (Fsp3) is 0.163. The molecule has 2 aromatic heterocycles. The van der Waals surface area contributed by atoms with Crippen LogP contribution in [0.3, 0.4) is 0 Å². The van der Waals surface area contributed by atoms with E-state index in [0.717, 1.165) is 39.7 Å². The second-order valence-electron chi connectivity index (χ2n) is 15.8. The number of hydrogen-bond donors (Lipinski definition) is 0. The first-order valence-electron chi connectivity index (χ1n) is 18.7. The van der Waals surface area contributed by atoms with E-state index >= 15 is 0 Å². The number of anilines is 4. The van der Waals surface area contributed by atoms with E-state index in [9.17, 15) is 0 Å². The highest BCUT2D eigenvalue weighted by Gasteiger charge is 2.29. The van der Waals surface area contributed by atoms with Crippen LogP contribution in [-0.4, -0.2) is 16.2 Å². The van der Waals surface area contributed by atoms with E-state index in [2.05, 4.69) is 201 Å². The lowest BCUT2D eigenvalue weighted by molar-refractivity contribution is 0.483. The molecule has 1 aliphatic heterocycles. The number of hydrogen-bond acceptors (Lipinski definition) is 4. The van der Waals surface area contributed by atoms with Crippen molar-refractivity contribution in [3.05, 3.63) is 181 Å². The van der Waals surface area contributed by atoms with Crippen molar-refractivity contribution in [3.8, 4) is 17.3 Å². The predicted octanol–water partition coefficient (Wildman–Crippen LogP) is 12.8. The molecule has 0 unspecified atom stereocenters. The average Bonchev–Trinajstić information content (AvgIpc) is 3.74. The Kier molecular flexibility index (Phi) is 8.04. The third kappa shape index (κ3) is 5.86. The smallest absolute Gasteiger partial charge is 0.137 e. The highest BCUT2D eigenvalue weighted by atomic mass is 16.5. The van der Waals surface area contributed by atoms with Crippen LogP contribution in [0.5, 0.6) is 11.5 Å². The van der Waals surface area contributed by atoms with Gasteiger partial charge in [-0.05, 0) is 88.8 Å². The third-order valence-corrected chi connectivity index (χ3v) is 11.0. The Balaban J connectivity index is 1.02. The molecule has 54 heavy (non-hydrogen) atoms. The van der Waals surface area contributed by atoms with Gasteiger partial charge in [0, 0.05) is 45.9 Å². The Morgan fingerprint density at radius 1 is 0.500 bits per heavy atom. The highest BCUT2D eigenvalue weighted by molar-refractivity contribution is 6.09. The Labute approximate surface area is 317 Å². The molecule has 0 N–H and O–H groups in total. The molecular weight excluding hydrogens is 661 g/mol. The van der Waals surface area contributed by atoms with Crippen LogP contribution in [0.25, 0.3) is 27.6 Å². The summed E-state index contributed by atoms with van der Waals surface area (Å²) < 4.78 is 8.92. The van der Waals surface area contributed by atoms with Crippen LogP contribution in [0.15, 0.2) is 164 Å². The van der Waals surface area contributed by atoms with Gasteiger partial charge >= 0.3 is 0 Å². The number of fused-ring (bicyclic) bond motifs is 4. The summed E-state index contributed by atoms with van der Waals surface area (Å²) in [6, 6.07) is 56.1. The topological polar surface area (TPSA) is 33.5 Å². The molecule has 0 radical (unpaired) electrons. The van der Waals surface area contributed by atoms with Crippen LogP contribution in [-0.2, 0) is 10.8 Å². The summed E-state index contributed by atoms with van der Waals surface area (Å²) in [6.45, 7) is 12.0. The van der Waals surface area contributed by atoms with E-state index in [1.807, 2.05) is 12.3 Å². The van der Waals surface area contributed by atoms with Gasteiger partial charge in [-0.1, -0.05) is 113 Å². The molecule has 0 spiro atoms. The van der Waals surface area contributed by atoms with Gasteiger partial charge in [0.1, 0.15) is 24.0 Å². The van der Waals surface area contributed by atoms with Gasteiger partial charge in [0.05, 0.1) is 22.4 Å². The number of benzene rings is 6. The standard InChI is InChI=1S/C49H44N4O/c1-48(2,3)36-28-29-50-47(30-36)53-43-19-10-9-18-41(43)42-27-26-40(32-46(42)53)54-39-17-13-16-38(31-39)52-33-51(44-20-11-12-21-45(44)52)37-24-22-35(23-25-37)49(4,5)34-14-7-6-8-15-34/h6-32H,33H2,1-5H3. The zero-order valence-electron chi connectivity index (χ0n) is 31.5. The fourth-order valence-corrected chi connectivity index (χ4v) is 7.85. The second-order valence-corrected chi connectivity index (χ2v) is 15.8. The maximum atomic E-state index is 6.66. The van der Waals surface area contributed by atoms with Crippen LogP contribution in [0.2, 0.25) is 0 Å². The fourth-order valence-electron chi connectivity index (χ4n) is 7.85. The summed E-state index contributed by atoms with van der Waals surface area (Å²) in [4.78, 5) is 9.60. The van der Waals surface area contributed by atoms with Gasteiger partial charge in [0.25, 0.3) is 0 Å². The molecule has 5 heteroatoms. The summed E-state index contributed by atoms with van der Waals surface area (Å²) in [5.41, 5.74) is 10.5. The first kappa shape index (κ1) is 33.5. The SMILES string of the molecule is CC(C)(C)c1ccnc(-n2c3ccccc3c3ccc(Oc4cccc(N5CN(c6ccc(C(C)(C)c7ccccc7)cc6)c6ccccc65)c4)cc32)c1. The Morgan fingerprint density at radius 3 is 1.91 bits per heavy atom. The zero-order chi connectivity index (χ0) is 37.0. The molecule has 0 saturated carbocycles. The van der Waals surface area contributed by atoms with Crippen LogP contribution >= 0.6 is 0 Å². The number of aromatic nitrogens is 2. The van der Waals surface area contributed by atoms with E-state index in [4.69, 9.17) is 9.72 Å². The van der Waals surface area contributed by atoms with Crippen molar-refractivity contribution in [2.75, 3.05) is 16.5 Å². The monoisotopic (exact) mass is 704 g/mol. The van der Waals surface area contributed by atoms with Gasteiger partial charge in [-0.15, -0.1) is 0 Å². The predicted molar refractivity (Wildman–Crippen MR) is 224 cm³/mol. The van der Waals surface area contributed by atoms with Crippen molar-refractivity contribution in [1.82, 2.24) is 9.55 Å². The van der Waals surface area contributed by atoms with Crippen LogP contribution in [0.4, 0.5) is 22.7 Å². The van der Waals surface area contributed by atoms with Crippen LogP contribution < -0.4 is 14.5 Å². The Hall–Kier alpha value is -6.33. The molecule has 0 aliphatic carbocycles. The minimum Gasteiger partial charge on any atom is -0.457 e. The summed E-state index contributed by atoms with van der Waals surface area (Å²) in [6.07, 6.45) is 1.92. The molecule has 0 fully saturated rings. The molecule has 0 bridgehead atoms. The zero-order valence-corrected chi connectivity index (χ0v) is 31.5. The summed E-state index contributed by atoms with van der Waals surface area (Å²) in [7, 11) is 0. The molecule has 9 rings (SSSR count). The van der Waals surface area contributed by atoms with Gasteiger partial charge in [0.15, 0.2) is 0 Å². The largest absolute Gasteiger partial charge is 0.457 e. The van der Waals surface area contributed by atoms with E-state index < -0.39 is 0 Å². The lowest BCUT2D eigenvalue weighted by Crippen LogP contribution is -2.24. The Bertz CT molecular complexity index is 2630. The van der Waals surface area contributed by atoms with Crippen molar-refractivity contribution in [1.29, 1.82) is 0 Å². The molecule has 266 valence electrons. The van der Waals surface area contributed by atoms with E-state index in [1.54, 1.807) is 0 Å². The van der Waals surface area contributed by atoms with Crippen molar-refractivity contribution in [3.63, 3.8) is 0 Å². The van der Waals surface area contributed by atoms with Crippen molar-refractivity contribution >= 4 is 44.6 Å². The van der Waals surface area contributed by atoms with Gasteiger partial charge in [0.2, 0.25) is 0 Å². The van der Waals surface area contributed by atoms with Crippen LogP contribution in [0.1, 0.15) is 51.3 Å². The number of rotatable bonds is 7. The maximum absolute atomic E-state index is 6.66. The molecule has 8 aromatic rings.